The Morgan fingerprint density at radius 2 is 0.571 bits per heavy atom. The summed E-state index contributed by atoms with van der Waals surface area (Å²) in [5.41, 5.74) is 0. The molecule has 0 unspecified atom stereocenters. The highest BCUT2D eigenvalue weighted by atomic mass is 14.0. The molecule has 28 heavy (non-hydrogen) atoms. The largest absolute Gasteiger partial charge is 0.0845 e. The lowest BCUT2D eigenvalue weighted by molar-refractivity contribution is 0.517. The molecule has 0 atom stereocenters. The molecule has 0 heteroatoms. The summed E-state index contributed by atoms with van der Waals surface area (Å²) in [4.78, 5) is 0. The molecule has 0 aromatic heterocycles. The lowest BCUT2D eigenvalue weighted by Crippen LogP contribution is -1.84. The average molecular weight is 391 g/mol. The zero-order valence-corrected chi connectivity index (χ0v) is 19.5. The Labute approximate surface area is 180 Å². The molecular weight excluding hydrogens is 336 g/mol. The summed E-state index contributed by atoms with van der Waals surface area (Å²) in [5.74, 6) is 0. The second kappa shape index (κ2) is 26.7. The predicted octanol–water partition coefficient (Wildman–Crippen LogP) is 10.6. The van der Waals surface area contributed by atoms with Gasteiger partial charge in [-0.1, -0.05) is 167 Å². The summed E-state index contributed by atoms with van der Waals surface area (Å²) in [6.07, 6.45) is 37.2. The first-order valence-electron chi connectivity index (χ1n) is 13.2. The van der Waals surface area contributed by atoms with Crippen LogP contribution in [-0.2, 0) is 0 Å². The molecule has 0 aromatic rings. The first-order chi connectivity index (χ1) is 13.9. The zero-order chi connectivity index (χ0) is 20.4. The molecule has 0 fully saturated rings. The van der Waals surface area contributed by atoms with E-state index in [1.807, 2.05) is 0 Å². The topological polar surface area (TPSA) is 0 Å². The smallest absolute Gasteiger partial charge is 0.0348 e. The second-order valence-electron chi connectivity index (χ2n) is 9.01. The van der Waals surface area contributed by atoms with Crippen molar-refractivity contribution in [3.05, 3.63) is 19.6 Å². The summed E-state index contributed by atoms with van der Waals surface area (Å²) in [5, 5.41) is 0. The summed E-state index contributed by atoms with van der Waals surface area (Å²) in [6, 6.07) is 0. The monoisotopic (exact) mass is 390 g/mol. The van der Waals surface area contributed by atoms with E-state index >= 15 is 0 Å². The SMILES string of the molecule is [CH]=CCCCCCCCCCCCCCCCCCCCCCCCCC[CH2]. The van der Waals surface area contributed by atoms with Crippen molar-refractivity contribution in [3.8, 4) is 0 Å². The van der Waals surface area contributed by atoms with Crippen molar-refractivity contribution in [2.24, 2.45) is 0 Å². The average Bonchev–Trinajstić information content (AvgIpc) is 2.71. The fraction of sp³-hybridized carbons (Fsp3) is 0.893. The van der Waals surface area contributed by atoms with Gasteiger partial charge in [-0.15, -0.1) is 0 Å². The first-order valence-corrected chi connectivity index (χ1v) is 13.2. The first kappa shape index (κ1) is 27.7. The molecule has 0 saturated heterocycles. The van der Waals surface area contributed by atoms with Crippen molar-refractivity contribution in [1.82, 2.24) is 0 Å². The van der Waals surface area contributed by atoms with Gasteiger partial charge in [0.25, 0.3) is 0 Å². The molecule has 0 aliphatic rings. The lowest BCUT2D eigenvalue weighted by atomic mass is 10.0. The van der Waals surface area contributed by atoms with Gasteiger partial charge < -0.3 is 0 Å². The van der Waals surface area contributed by atoms with Gasteiger partial charge in [0.15, 0.2) is 0 Å². The van der Waals surface area contributed by atoms with E-state index in [0.717, 1.165) is 12.8 Å². The fourth-order valence-electron chi connectivity index (χ4n) is 4.15. The maximum atomic E-state index is 5.40. The summed E-state index contributed by atoms with van der Waals surface area (Å²) in [6.45, 7) is 9.31. The highest BCUT2D eigenvalue weighted by molar-refractivity contribution is 4.61. The Hall–Kier alpha value is -0.260. The van der Waals surface area contributed by atoms with Gasteiger partial charge in [0.05, 0.1) is 0 Å². The normalized spacial score (nSPS) is 11.2. The Balaban J connectivity index is 2.97. The van der Waals surface area contributed by atoms with Crippen LogP contribution in [0.3, 0.4) is 0 Å². The summed E-state index contributed by atoms with van der Waals surface area (Å²) >= 11 is 0. The molecule has 0 aromatic carbocycles. The van der Waals surface area contributed by atoms with Crippen molar-refractivity contribution in [3.63, 3.8) is 0 Å². The van der Waals surface area contributed by atoms with Crippen LogP contribution in [0.25, 0.3) is 0 Å². The van der Waals surface area contributed by atoms with Gasteiger partial charge in [0, 0.05) is 0 Å². The van der Waals surface area contributed by atoms with E-state index in [9.17, 15) is 0 Å². The third kappa shape index (κ3) is 25.7. The maximum Gasteiger partial charge on any atom is -0.0348 e. The van der Waals surface area contributed by atoms with Gasteiger partial charge in [0.2, 0.25) is 0 Å². The van der Waals surface area contributed by atoms with Crippen LogP contribution in [-0.4, -0.2) is 0 Å². The molecule has 0 N–H and O–H groups in total. The van der Waals surface area contributed by atoms with E-state index in [4.69, 9.17) is 6.58 Å². The van der Waals surface area contributed by atoms with E-state index in [-0.39, 0.29) is 0 Å². The van der Waals surface area contributed by atoms with E-state index in [1.165, 1.54) is 148 Å². The molecule has 0 amide bonds. The summed E-state index contributed by atoms with van der Waals surface area (Å²) in [7, 11) is 0. The Bertz CT molecular complexity index is 267. The Morgan fingerprint density at radius 3 is 0.786 bits per heavy atom. The van der Waals surface area contributed by atoms with Crippen molar-refractivity contribution in [2.45, 2.75) is 161 Å². The Morgan fingerprint density at radius 1 is 0.357 bits per heavy atom. The van der Waals surface area contributed by atoms with E-state index in [2.05, 4.69) is 6.92 Å². The van der Waals surface area contributed by atoms with Crippen LogP contribution in [0.1, 0.15) is 161 Å². The van der Waals surface area contributed by atoms with Crippen LogP contribution in [0, 0.1) is 13.5 Å². The zero-order valence-electron chi connectivity index (χ0n) is 19.5. The molecule has 2 radical (unpaired) electrons. The van der Waals surface area contributed by atoms with Gasteiger partial charge in [-0.2, -0.15) is 0 Å². The van der Waals surface area contributed by atoms with Gasteiger partial charge >= 0.3 is 0 Å². The number of unbranched alkanes of at least 4 members (excludes halogenated alkanes) is 24. The third-order valence-corrected chi connectivity index (χ3v) is 6.12. The quantitative estimate of drug-likeness (QED) is 0.136. The number of hydrogen-bond donors (Lipinski definition) is 0. The van der Waals surface area contributed by atoms with Gasteiger partial charge in [-0.3, -0.25) is 0 Å². The molecule has 0 aliphatic carbocycles. The number of allylic oxidation sites excluding steroid dienone is 1. The van der Waals surface area contributed by atoms with Crippen LogP contribution >= 0.6 is 0 Å². The second-order valence-corrected chi connectivity index (χ2v) is 9.01. The van der Waals surface area contributed by atoms with Crippen LogP contribution < -0.4 is 0 Å². The minimum atomic E-state index is 1.10. The number of rotatable bonds is 25. The standard InChI is InChI=1S/C28H54/c1-3-5-7-9-11-13-15-17-19-21-23-25-27-28-26-24-22-20-18-16-14-12-10-8-6-4-2/h1,3H,2,4-28H2. The van der Waals surface area contributed by atoms with E-state index in [1.54, 1.807) is 6.08 Å². The van der Waals surface area contributed by atoms with Gasteiger partial charge in [0.1, 0.15) is 0 Å². The molecule has 0 saturated carbocycles. The lowest BCUT2D eigenvalue weighted by Gasteiger charge is -2.04. The maximum absolute atomic E-state index is 5.40. The fourth-order valence-corrected chi connectivity index (χ4v) is 4.15. The third-order valence-electron chi connectivity index (χ3n) is 6.12. The van der Waals surface area contributed by atoms with Crippen molar-refractivity contribution >= 4 is 0 Å². The van der Waals surface area contributed by atoms with Crippen molar-refractivity contribution in [2.75, 3.05) is 0 Å². The molecule has 0 heterocycles. The molecular formula is C28H54. The molecule has 0 aliphatic heterocycles. The van der Waals surface area contributed by atoms with Crippen LogP contribution in [0.15, 0.2) is 6.08 Å². The molecule has 166 valence electrons. The molecule has 0 bridgehead atoms. The Kier molecular flexibility index (Phi) is 26.5. The summed E-state index contributed by atoms with van der Waals surface area (Å²) < 4.78 is 0. The minimum Gasteiger partial charge on any atom is -0.0845 e. The molecule has 0 nitrogen and oxygen atoms in total. The van der Waals surface area contributed by atoms with Crippen molar-refractivity contribution < 1.29 is 0 Å². The predicted molar refractivity (Wildman–Crippen MR) is 130 cm³/mol. The van der Waals surface area contributed by atoms with E-state index in [0.29, 0.717) is 0 Å². The minimum absolute atomic E-state index is 1.10. The van der Waals surface area contributed by atoms with Gasteiger partial charge in [-0.25, -0.2) is 0 Å². The highest BCUT2D eigenvalue weighted by Gasteiger charge is 1.96. The highest BCUT2D eigenvalue weighted by Crippen LogP contribution is 2.15. The number of hydrogen-bond acceptors (Lipinski definition) is 0. The molecule has 0 spiro atoms. The van der Waals surface area contributed by atoms with Crippen molar-refractivity contribution in [1.29, 1.82) is 0 Å². The van der Waals surface area contributed by atoms with Crippen LogP contribution in [0.5, 0.6) is 0 Å². The van der Waals surface area contributed by atoms with Crippen LogP contribution in [0.2, 0.25) is 0 Å². The van der Waals surface area contributed by atoms with E-state index < -0.39 is 0 Å². The van der Waals surface area contributed by atoms with Gasteiger partial charge in [-0.05, 0) is 12.8 Å². The van der Waals surface area contributed by atoms with Crippen LogP contribution in [0.4, 0.5) is 0 Å². The molecule has 0 rings (SSSR count).